The van der Waals surface area contributed by atoms with Gasteiger partial charge in [0, 0.05) is 6.54 Å². The van der Waals surface area contributed by atoms with Crippen molar-refractivity contribution in [1.82, 2.24) is 5.32 Å². The van der Waals surface area contributed by atoms with E-state index < -0.39 is 18.0 Å². The minimum Gasteiger partial charge on any atom is -0.478 e. The topological polar surface area (TPSA) is 105 Å². The number of benzene rings is 1. The molecule has 0 saturated heterocycles. The zero-order valence-electron chi connectivity index (χ0n) is 10.9. The van der Waals surface area contributed by atoms with Crippen molar-refractivity contribution >= 4 is 46.9 Å². The molecule has 0 bridgehead atoms. The van der Waals surface area contributed by atoms with Crippen LogP contribution in [-0.4, -0.2) is 36.7 Å². The van der Waals surface area contributed by atoms with Gasteiger partial charge in [0.15, 0.2) is 0 Å². The van der Waals surface area contributed by atoms with Crippen LogP contribution < -0.4 is 10.6 Å². The van der Waals surface area contributed by atoms with Crippen LogP contribution >= 0.6 is 23.2 Å². The maximum atomic E-state index is 11.6. The number of halogens is 2. The Balaban J connectivity index is 2.68. The van der Waals surface area contributed by atoms with Gasteiger partial charge in [-0.2, -0.15) is 0 Å². The molecule has 3 N–H and O–H groups in total. The number of carboxylic acids is 1. The summed E-state index contributed by atoms with van der Waals surface area (Å²) in [7, 11) is 1.24. The van der Waals surface area contributed by atoms with E-state index in [1.807, 2.05) is 0 Å². The summed E-state index contributed by atoms with van der Waals surface area (Å²) in [5.74, 6) is -1.65. The molecule has 1 rings (SSSR count). The van der Waals surface area contributed by atoms with E-state index in [0.29, 0.717) is 0 Å². The van der Waals surface area contributed by atoms with E-state index in [2.05, 4.69) is 15.4 Å². The maximum Gasteiger partial charge on any atom is 0.335 e. The van der Waals surface area contributed by atoms with E-state index in [4.69, 9.17) is 28.3 Å². The van der Waals surface area contributed by atoms with Crippen molar-refractivity contribution in [2.75, 3.05) is 19.0 Å². The number of rotatable bonds is 5. The minimum absolute atomic E-state index is 0.0111. The summed E-state index contributed by atoms with van der Waals surface area (Å²) in [4.78, 5) is 33.3. The summed E-state index contributed by atoms with van der Waals surface area (Å²) in [6, 6.07) is 1.70. The number of hydrogen-bond acceptors (Lipinski definition) is 4. The van der Waals surface area contributed by atoms with Crippen molar-refractivity contribution in [3.05, 3.63) is 27.7 Å². The molecule has 0 radical (unpaired) electrons. The highest BCUT2D eigenvalue weighted by molar-refractivity contribution is 6.40. The average molecular weight is 335 g/mol. The normalized spacial score (nSPS) is 9.86. The van der Waals surface area contributed by atoms with Crippen LogP contribution in [0, 0.1) is 0 Å². The molecule has 0 aromatic heterocycles. The fourth-order valence-electron chi connectivity index (χ4n) is 1.35. The molecule has 1 aromatic carbocycles. The van der Waals surface area contributed by atoms with Crippen LogP contribution in [0.4, 0.5) is 10.5 Å². The van der Waals surface area contributed by atoms with Gasteiger partial charge >= 0.3 is 18.0 Å². The van der Waals surface area contributed by atoms with E-state index in [1.165, 1.54) is 19.2 Å². The van der Waals surface area contributed by atoms with Crippen LogP contribution in [0.15, 0.2) is 12.1 Å². The second-order valence-corrected chi connectivity index (χ2v) is 4.64. The van der Waals surface area contributed by atoms with E-state index in [1.54, 1.807) is 0 Å². The second kappa shape index (κ2) is 7.70. The van der Waals surface area contributed by atoms with Gasteiger partial charge in [0.05, 0.1) is 34.8 Å². The molecule has 0 unspecified atom stereocenters. The number of hydrogen-bond donors (Lipinski definition) is 3. The number of amides is 2. The van der Waals surface area contributed by atoms with Crippen molar-refractivity contribution in [3.8, 4) is 0 Å². The molecule has 1 aromatic rings. The molecule has 0 aliphatic carbocycles. The Morgan fingerprint density at radius 3 is 2.29 bits per heavy atom. The molecule has 9 heteroatoms. The molecule has 7 nitrogen and oxygen atoms in total. The number of ether oxygens (including phenoxy) is 1. The lowest BCUT2D eigenvalue weighted by atomic mass is 10.2. The summed E-state index contributed by atoms with van der Waals surface area (Å²) >= 11 is 11.7. The highest BCUT2D eigenvalue weighted by Crippen LogP contribution is 2.31. The number of carbonyl (C=O) groups is 3. The Morgan fingerprint density at radius 2 is 1.81 bits per heavy atom. The first-order valence-corrected chi connectivity index (χ1v) is 6.44. The number of esters is 1. The summed E-state index contributed by atoms with van der Waals surface area (Å²) in [5, 5.41) is 13.6. The summed E-state index contributed by atoms with van der Waals surface area (Å²) in [5.41, 5.74) is -0.0134. The van der Waals surface area contributed by atoms with E-state index >= 15 is 0 Å². The van der Waals surface area contributed by atoms with Crippen molar-refractivity contribution < 1.29 is 24.2 Å². The molecule has 114 valence electrons. The lowest BCUT2D eigenvalue weighted by Gasteiger charge is -2.11. The van der Waals surface area contributed by atoms with Crippen molar-refractivity contribution in [1.29, 1.82) is 0 Å². The zero-order chi connectivity index (χ0) is 16.0. The highest BCUT2D eigenvalue weighted by atomic mass is 35.5. The van der Waals surface area contributed by atoms with E-state index in [0.717, 1.165) is 0 Å². The lowest BCUT2D eigenvalue weighted by Crippen LogP contribution is -2.31. The summed E-state index contributed by atoms with van der Waals surface area (Å²) in [6.07, 6.45) is 0.0172. The average Bonchev–Trinajstić information content (AvgIpc) is 2.42. The summed E-state index contributed by atoms with van der Waals surface area (Å²) < 4.78 is 4.42. The molecule has 0 spiro atoms. The molecule has 0 aliphatic rings. The first kappa shape index (κ1) is 17.1. The van der Waals surface area contributed by atoms with E-state index in [9.17, 15) is 14.4 Å². The number of anilines is 1. The minimum atomic E-state index is -1.19. The largest absolute Gasteiger partial charge is 0.478 e. The molecule has 0 saturated carbocycles. The Bertz CT molecular complexity index is 554. The standard InChI is InChI=1S/C12H12Cl2N2O5/c1-21-9(17)2-3-15-12(20)16-10-7(13)4-6(11(18)19)5-8(10)14/h4-5H,2-3H2,1H3,(H,18,19)(H2,15,16,20). The predicted octanol–water partition coefficient (Wildman–Crippen LogP) is 2.38. The monoisotopic (exact) mass is 334 g/mol. The summed E-state index contributed by atoms with van der Waals surface area (Å²) in [6.45, 7) is 0.0704. The third-order valence-corrected chi connectivity index (χ3v) is 2.97. The van der Waals surface area contributed by atoms with Gasteiger partial charge in [-0.3, -0.25) is 4.79 Å². The Kier molecular flexibility index (Phi) is 6.26. The molecule has 2 amide bonds. The molecular weight excluding hydrogens is 323 g/mol. The van der Waals surface area contributed by atoms with Gasteiger partial charge in [-0.1, -0.05) is 23.2 Å². The van der Waals surface area contributed by atoms with Gasteiger partial charge in [0.25, 0.3) is 0 Å². The smallest absolute Gasteiger partial charge is 0.335 e. The lowest BCUT2D eigenvalue weighted by molar-refractivity contribution is -0.140. The van der Waals surface area contributed by atoms with Gasteiger partial charge in [-0.25, -0.2) is 9.59 Å². The first-order valence-electron chi connectivity index (χ1n) is 5.69. The maximum absolute atomic E-state index is 11.6. The highest BCUT2D eigenvalue weighted by Gasteiger charge is 2.14. The van der Waals surface area contributed by atoms with E-state index in [-0.39, 0.29) is 34.3 Å². The quantitative estimate of drug-likeness (QED) is 0.717. The number of carboxylic acid groups (broad SMARTS) is 1. The van der Waals surface area contributed by atoms with Gasteiger partial charge < -0.3 is 20.5 Å². The predicted molar refractivity (Wildman–Crippen MR) is 77.1 cm³/mol. The van der Waals surface area contributed by atoms with Crippen LogP contribution in [0.1, 0.15) is 16.8 Å². The van der Waals surface area contributed by atoms with Crippen LogP contribution in [0.2, 0.25) is 10.0 Å². The SMILES string of the molecule is COC(=O)CCNC(=O)Nc1c(Cl)cc(C(=O)O)cc1Cl. The van der Waals surface area contributed by atoms with Crippen molar-refractivity contribution in [2.45, 2.75) is 6.42 Å². The third kappa shape index (κ3) is 5.13. The van der Waals surface area contributed by atoms with Crippen LogP contribution in [0.25, 0.3) is 0 Å². The number of urea groups is 1. The zero-order valence-corrected chi connectivity index (χ0v) is 12.4. The number of methoxy groups -OCH3 is 1. The first-order chi connectivity index (χ1) is 9.85. The Labute approximate surface area is 130 Å². The molecule has 21 heavy (non-hydrogen) atoms. The molecular formula is C12H12Cl2N2O5. The van der Waals surface area contributed by atoms with Crippen LogP contribution in [-0.2, 0) is 9.53 Å². The van der Waals surface area contributed by atoms with Crippen LogP contribution in [0.5, 0.6) is 0 Å². The van der Waals surface area contributed by atoms with Gasteiger partial charge in [0.2, 0.25) is 0 Å². The fourth-order valence-corrected chi connectivity index (χ4v) is 1.94. The fraction of sp³-hybridized carbons (Fsp3) is 0.250. The molecule has 0 atom stereocenters. The van der Waals surface area contributed by atoms with Crippen molar-refractivity contribution in [3.63, 3.8) is 0 Å². The Morgan fingerprint density at radius 1 is 1.24 bits per heavy atom. The molecule has 0 heterocycles. The Hall–Kier alpha value is -1.99. The van der Waals surface area contributed by atoms with Gasteiger partial charge in [-0.05, 0) is 12.1 Å². The number of carbonyl (C=O) groups excluding carboxylic acids is 2. The molecule has 0 fully saturated rings. The third-order valence-electron chi connectivity index (χ3n) is 2.37. The van der Waals surface area contributed by atoms with Crippen molar-refractivity contribution in [2.24, 2.45) is 0 Å². The number of aromatic carboxylic acids is 1. The second-order valence-electron chi connectivity index (χ2n) is 3.83. The van der Waals surface area contributed by atoms with Gasteiger partial charge in [-0.15, -0.1) is 0 Å². The number of nitrogens with one attached hydrogen (secondary N) is 2. The molecule has 0 aliphatic heterocycles. The van der Waals surface area contributed by atoms with Crippen LogP contribution in [0.3, 0.4) is 0 Å². The van der Waals surface area contributed by atoms with Gasteiger partial charge in [0.1, 0.15) is 0 Å².